The van der Waals surface area contributed by atoms with Gasteiger partial charge in [-0.1, -0.05) is 59.7 Å². The third-order valence-electron chi connectivity index (χ3n) is 4.42. The molecule has 0 atom stereocenters. The average Bonchev–Trinajstić information content (AvgIpc) is 2.69. The van der Waals surface area contributed by atoms with Crippen molar-refractivity contribution in [1.29, 1.82) is 0 Å². The fourth-order valence-electron chi connectivity index (χ4n) is 3.09. The van der Waals surface area contributed by atoms with Crippen molar-refractivity contribution in [3.8, 4) is 11.5 Å². The third kappa shape index (κ3) is 4.90. The van der Waals surface area contributed by atoms with Gasteiger partial charge in [0.2, 0.25) is 0 Å². The predicted molar refractivity (Wildman–Crippen MR) is 108 cm³/mol. The van der Waals surface area contributed by atoms with Gasteiger partial charge >= 0.3 is 11.9 Å². The van der Waals surface area contributed by atoms with E-state index in [1.807, 2.05) is 41.5 Å². The van der Waals surface area contributed by atoms with Crippen molar-refractivity contribution < 1.29 is 39.7 Å². The van der Waals surface area contributed by atoms with Gasteiger partial charge in [0.15, 0.2) is 11.5 Å². The highest BCUT2D eigenvalue weighted by molar-refractivity contribution is 5.93. The van der Waals surface area contributed by atoms with E-state index in [0.29, 0.717) is 5.56 Å². The van der Waals surface area contributed by atoms with Gasteiger partial charge in [-0.2, -0.15) is 10.5 Å². The summed E-state index contributed by atoms with van der Waals surface area (Å²) in [5.41, 5.74) is 0.622. The van der Waals surface area contributed by atoms with Gasteiger partial charge in [-0.25, -0.2) is 9.59 Å². The molecule has 0 heterocycles. The highest BCUT2D eigenvalue weighted by Gasteiger charge is 2.33. The second-order valence-electron chi connectivity index (χ2n) is 8.79. The minimum atomic E-state index is -1.04. The van der Waals surface area contributed by atoms with E-state index in [1.54, 1.807) is 18.2 Å². The van der Waals surface area contributed by atoms with Crippen molar-refractivity contribution in [1.82, 2.24) is 0 Å². The first-order valence-corrected chi connectivity index (χ1v) is 9.24. The van der Waals surface area contributed by atoms with Gasteiger partial charge in [0.05, 0.1) is 0 Å². The van der Waals surface area contributed by atoms with Crippen LogP contribution in [0.4, 0.5) is 0 Å². The molecule has 8 heteroatoms. The Morgan fingerprint density at radius 3 is 1.83 bits per heavy atom. The molecule has 2 N–H and O–H groups in total. The van der Waals surface area contributed by atoms with Crippen molar-refractivity contribution in [2.75, 3.05) is 0 Å². The molecule has 0 aliphatic rings. The first kappa shape index (κ1) is 23.2. The second-order valence-corrected chi connectivity index (χ2v) is 8.79. The van der Waals surface area contributed by atoms with Crippen molar-refractivity contribution in [2.45, 2.75) is 52.4 Å². The zero-order valence-corrected chi connectivity index (χ0v) is 17.8. The van der Waals surface area contributed by atoms with Crippen molar-refractivity contribution in [3.05, 3.63) is 58.7 Å². The van der Waals surface area contributed by atoms with Crippen LogP contribution in [0, 0.1) is 0 Å². The minimum absolute atomic E-state index is 0.0408. The van der Waals surface area contributed by atoms with Crippen LogP contribution in [0.2, 0.25) is 0 Å². The second kappa shape index (κ2) is 8.73. The lowest BCUT2D eigenvalue weighted by atomic mass is 9.74. The Kier molecular flexibility index (Phi) is 6.74. The van der Waals surface area contributed by atoms with Crippen LogP contribution < -0.4 is 9.78 Å². The summed E-state index contributed by atoms with van der Waals surface area (Å²) in [7, 11) is 0. The molecule has 0 saturated carbocycles. The standard InChI is InChI=1S/C22H26O8/c1-21(2,3)15-12-11-14(20(24)28-26)18(17(15)22(4,5)6)30-29-16-10-8-7-9-13(16)19(23)27-25/h7-12,25-26H,1-6H3. The van der Waals surface area contributed by atoms with E-state index in [-0.39, 0.29) is 28.0 Å². The molecule has 0 saturated heterocycles. The molecule has 0 aliphatic carbocycles. The fourth-order valence-corrected chi connectivity index (χ4v) is 3.09. The first-order chi connectivity index (χ1) is 13.9. The van der Waals surface area contributed by atoms with Gasteiger partial charge in [0, 0.05) is 5.56 Å². The summed E-state index contributed by atoms with van der Waals surface area (Å²) in [5.74, 6) is -2.06. The molecule has 0 bridgehead atoms. The van der Waals surface area contributed by atoms with Crippen molar-refractivity contribution in [2.24, 2.45) is 0 Å². The summed E-state index contributed by atoms with van der Waals surface area (Å²) in [5, 5.41) is 17.6. The Labute approximate surface area is 174 Å². The Morgan fingerprint density at radius 2 is 1.30 bits per heavy atom. The normalized spacial score (nSPS) is 11.6. The number of rotatable bonds is 5. The molecule has 162 valence electrons. The highest BCUT2D eigenvalue weighted by Crippen LogP contribution is 2.42. The summed E-state index contributed by atoms with van der Waals surface area (Å²) in [6, 6.07) is 9.19. The van der Waals surface area contributed by atoms with Crippen LogP contribution in [0.15, 0.2) is 36.4 Å². The molecule has 0 amide bonds. The number of benzene rings is 2. The number of hydrogen-bond acceptors (Lipinski definition) is 8. The van der Waals surface area contributed by atoms with Crippen LogP contribution >= 0.6 is 0 Å². The molecule has 0 unspecified atom stereocenters. The average molecular weight is 418 g/mol. The van der Waals surface area contributed by atoms with Gasteiger partial charge < -0.3 is 0 Å². The number of hydrogen-bond donors (Lipinski definition) is 2. The van der Waals surface area contributed by atoms with E-state index >= 15 is 0 Å². The summed E-state index contributed by atoms with van der Waals surface area (Å²) in [6.07, 6.45) is 0. The van der Waals surface area contributed by atoms with Gasteiger partial charge in [-0.15, -0.1) is 0 Å². The number of para-hydroxylation sites is 1. The summed E-state index contributed by atoms with van der Waals surface area (Å²) >= 11 is 0. The van der Waals surface area contributed by atoms with Crippen LogP contribution in [0.25, 0.3) is 0 Å². The lowest BCUT2D eigenvalue weighted by Gasteiger charge is -2.32. The van der Waals surface area contributed by atoms with E-state index in [1.165, 1.54) is 18.2 Å². The maximum atomic E-state index is 12.2. The van der Waals surface area contributed by atoms with Crippen LogP contribution in [0.5, 0.6) is 11.5 Å². The maximum Gasteiger partial charge on any atom is 0.376 e. The fraction of sp³-hybridized carbons (Fsp3) is 0.364. The number of carbonyl (C=O) groups is 2. The van der Waals surface area contributed by atoms with Gasteiger partial charge in [0.1, 0.15) is 11.1 Å². The van der Waals surface area contributed by atoms with E-state index < -0.39 is 17.4 Å². The van der Waals surface area contributed by atoms with Crippen LogP contribution in [0.1, 0.15) is 73.4 Å². The zero-order chi connectivity index (χ0) is 22.7. The number of carbonyl (C=O) groups excluding carboxylic acids is 2. The van der Waals surface area contributed by atoms with E-state index in [0.717, 1.165) is 5.56 Å². The van der Waals surface area contributed by atoms with Crippen molar-refractivity contribution >= 4 is 11.9 Å². The molecule has 0 aromatic heterocycles. The summed E-state index contributed by atoms with van der Waals surface area (Å²) < 4.78 is 0. The smallest absolute Gasteiger partial charge is 0.295 e. The molecule has 2 rings (SSSR count). The third-order valence-corrected chi connectivity index (χ3v) is 4.42. The molecule has 30 heavy (non-hydrogen) atoms. The molecule has 0 aliphatic heterocycles. The monoisotopic (exact) mass is 418 g/mol. The van der Waals surface area contributed by atoms with Crippen LogP contribution in [-0.2, 0) is 20.6 Å². The minimum Gasteiger partial charge on any atom is -0.295 e. The molecular weight excluding hydrogens is 392 g/mol. The Morgan fingerprint density at radius 1 is 0.733 bits per heavy atom. The molecule has 8 nitrogen and oxygen atoms in total. The predicted octanol–water partition coefficient (Wildman–Crippen LogP) is 4.91. The van der Waals surface area contributed by atoms with Crippen LogP contribution in [0.3, 0.4) is 0 Å². The Balaban J connectivity index is 2.66. The highest BCUT2D eigenvalue weighted by atomic mass is 17.2. The maximum absolute atomic E-state index is 12.2. The van der Waals surface area contributed by atoms with E-state index in [2.05, 4.69) is 9.78 Å². The largest absolute Gasteiger partial charge is 0.376 e. The SMILES string of the molecule is CC(C)(C)c1ccc(C(=O)OO)c(OOc2ccccc2C(=O)OO)c1C(C)(C)C. The molecule has 2 aromatic rings. The van der Waals surface area contributed by atoms with Crippen molar-refractivity contribution in [3.63, 3.8) is 0 Å². The Bertz CT molecular complexity index is 935. The molecule has 2 aromatic carbocycles. The Hall–Kier alpha value is -3.10. The molecular formula is C22H26O8. The molecule has 0 fully saturated rings. The lowest BCUT2D eigenvalue weighted by Crippen LogP contribution is -2.25. The lowest BCUT2D eigenvalue weighted by molar-refractivity contribution is -0.184. The summed E-state index contributed by atoms with van der Waals surface area (Å²) in [6.45, 7) is 11.9. The van der Waals surface area contributed by atoms with Gasteiger partial charge in [-0.05, 0) is 34.6 Å². The first-order valence-electron chi connectivity index (χ1n) is 9.24. The topological polar surface area (TPSA) is 112 Å². The molecule has 0 spiro atoms. The van der Waals surface area contributed by atoms with Gasteiger partial charge in [0.25, 0.3) is 0 Å². The summed E-state index contributed by atoms with van der Waals surface area (Å²) in [4.78, 5) is 42.6. The van der Waals surface area contributed by atoms with E-state index in [4.69, 9.17) is 20.3 Å². The zero-order valence-electron chi connectivity index (χ0n) is 17.8. The molecule has 0 radical (unpaired) electrons. The van der Waals surface area contributed by atoms with Crippen LogP contribution in [-0.4, -0.2) is 22.5 Å². The van der Waals surface area contributed by atoms with Gasteiger partial charge in [-0.3, -0.25) is 19.6 Å². The quantitative estimate of drug-likeness (QED) is 0.520. The van der Waals surface area contributed by atoms with E-state index in [9.17, 15) is 9.59 Å².